The highest BCUT2D eigenvalue weighted by Crippen LogP contribution is 2.13. The highest BCUT2D eigenvalue weighted by molar-refractivity contribution is 5.94. The van der Waals surface area contributed by atoms with Gasteiger partial charge in [0.15, 0.2) is 0 Å². The predicted molar refractivity (Wildman–Crippen MR) is 90.9 cm³/mol. The second-order valence-corrected chi connectivity index (χ2v) is 5.24. The number of pyridine rings is 1. The van der Waals surface area contributed by atoms with Gasteiger partial charge in [0.05, 0.1) is 17.2 Å². The second kappa shape index (κ2) is 7.35. The van der Waals surface area contributed by atoms with E-state index >= 15 is 0 Å². The first-order chi connectivity index (χ1) is 12.1. The van der Waals surface area contributed by atoms with E-state index in [1.165, 1.54) is 24.3 Å². The molecule has 1 amide bonds. The van der Waals surface area contributed by atoms with Crippen LogP contribution in [0.15, 0.2) is 60.9 Å². The SMILES string of the molecule is O=C(NCCn1ccc(-c2ccccn2)n1)c1cccc([N+](=O)[O-])c1. The molecule has 0 unspecified atom stereocenters. The van der Waals surface area contributed by atoms with Crippen molar-refractivity contribution in [3.8, 4) is 11.4 Å². The average Bonchev–Trinajstić information content (AvgIpc) is 3.11. The van der Waals surface area contributed by atoms with Crippen LogP contribution >= 0.6 is 0 Å². The minimum Gasteiger partial charge on any atom is -0.350 e. The second-order valence-electron chi connectivity index (χ2n) is 5.24. The molecule has 0 fully saturated rings. The average molecular weight is 337 g/mol. The van der Waals surface area contributed by atoms with Gasteiger partial charge < -0.3 is 5.32 Å². The highest BCUT2D eigenvalue weighted by atomic mass is 16.6. The fourth-order valence-electron chi connectivity index (χ4n) is 2.28. The van der Waals surface area contributed by atoms with E-state index in [-0.39, 0.29) is 17.2 Å². The van der Waals surface area contributed by atoms with Crippen LogP contribution in [0.1, 0.15) is 10.4 Å². The molecule has 0 bridgehead atoms. The van der Waals surface area contributed by atoms with Gasteiger partial charge in [-0.1, -0.05) is 12.1 Å². The van der Waals surface area contributed by atoms with Gasteiger partial charge >= 0.3 is 0 Å². The fraction of sp³-hybridized carbons (Fsp3) is 0.118. The number of nitro groups is 1. The zero-order chi connectivity index (χ0) is 17.6. The number of carbonyl (C=O) groups is 1. The van der Waals surface area contributed by atoms with E-state index < -0.39 is 4.92 Å². The van der Waals surface area contributed by atoms with Crippen molar-refractivity contribution < 1.29 is 9.72 Å². The molecular weight excluding hydrogens is 322 g/mol. The smallest absolute Gasteiger partial charge is 0.270 e. The summed E-state index contributed by atoms with van der Waals surface area (Å²) >= 11 is 0. The number of non-ortho nitro benzene ring substituents is 1. The number of rotatable bonds is 6. The molecule has 0 spiro atoms. The first kappa shape index (κ1) is 16.3. The molecule has 126 valence electrons. The summed E-state index contributed by atoms with van der Waals surface area (Å²) in [5.74, 6) is -0.360. The number of aromatic nitrogens is 3. The molecule has 2 aromatic heterocycles. The fourth-order valence-corrected chi connectivity index (χ4v) is 2.28. The van der Waals surface area contributed by atoms with E-state index in [2.05, 4.69) is 15.4 Å². The lowest BCUT2D eigenvalue weighted by molar-refractivity contribution is -0.384. The lowest BCUT2D eigenvalue weighted by atomic mass is 10.2. The molecule has 0 aliphatic heterocycles. The maximum atomic E-state index is 12.1. The predicted octanol–water partition coefficient (Wildman–Crippen LogP) is 2.28. The van der Waals surface area contributed by atoms with Gasteiger partial charge in [0.25, 0.3) is 11.6 Å². The van der Waals surface area contributed by atoms with Crippen LogP contribution in [0.5, 0.6) is 0 Å². The summed E-state index contributed by atoms with van der Waals surface area (Å²) in [6.07, 6.45) is 3.51. The molecule has 0 aliphatic rings. The molecule has 0 saturated carbocycles. The summed E-state index contributed by atoms with van der Waals surface area (Å²) in [4.78, 5) is 26.5. The molecule has 1 N–H and O–H groups in total. The third kappa shape index (κ3) is 4.05. The van der Waals surface area contributed by atoms with Crippen LogP contribution in [0.25, 0.3) is 11.4 Å². The van der Waals surface area contributed by atoms with Gasteiger partial charge in [-0.2, -0.15) is 5.10 Å². The molecule has 8 nitrogen and oxygen atoms in total. The van der Waals surface area contributed by atoms with Gasteiger partial charge in [0.2, 0.25) is 0 Å². The zero-order valence-electron chi connectivity index (χ0n) is 13.2. The van der Waals surface area contributed by atoms with Crippen LogP contribution < -0.4 is 5.32 Å². The molecule has 3 aromatic rings. The van der Waals surface area contributed by atoms with Crippen molar-refractivity contribution in [3.63, 3.8) is 0 Å². The van der Waals surface area contributed by atoms with Crippen LogP contribution in [-0.4, -0.2) is 32.1 Å². The first-order valence-corrected chi connectivity index (χ1v) is 7.61. The van der Waals surface area contributed by atoms with Crippen LogP contribution in [0.2, 0.25) is 0 Å². The lowest BCUT2D eigenvalue weighted by Crippen LogP contribution is -2.27. The number of amides is 1. The topological polar surface area (TPSA) is 103 Å². The Bertz CT molecular complexity index is 892. The van der Waals surface area contributed by atoms with E-state index in [4.69, 9.17) is 0 Å². The summed E-state index contributed by atoms with van der Waals surface area (Å²) in [7, 11) is 0. The van der Waals surface area contributed by atoms with Crippen molar-refractivity contribution in [2.45, 2.75) is 6.54 Å². The third-order valence-corrected chi connectivity index (χ3v) is 3.51. The van der Waals surface area contributed by atoms with Gasteiger partial charge in [0, 0.05) is 36.6 Å². The molecule has 0 atom stereocenters. The molecule has 0 radical (unpaired) electrons. The Kier molecular flexibility index (Phi) is 4.79. The van der Waals surface area contributed by atoms with Gasteiger partial charge in [-0.25, -0.2) is 0 Å². The molecule has 3 rings (SSSR count). The monoisotopic (exact) mass is 337 g/mol. The van der Waals surface area contributed by atoms with Crippen LogP contribution in [-0.2, 0) is 6.54 Å². The number of benzene rings is 1. The normalized spacial score (nSPS) is 10.4. The van der Waals surface area contributed by atoms with Crippen molar-refractivity contribution in [3.05, 3.63) is 76.6 Å². The Morgan fingerprint density at radius 2 is 2.04 bits per heavy atom. The van der Waals surface area contributed by atoms with Gasteiger partial charge in [0.1, 0.15) is 5.69 Å². The van der Waals surface area contributed by atoms with E-state index in [0.29, 0.717) is 13.1 Å². The standard InChI is InChI=1S/C17H15N5O3/c23-17(13-4-3-5-14(12-13)22(24)25)19-9-11-21-10-7-16(20-21)15-6-1-2-8-18-15/h1-8,10,12H,9,11H2,(H,19,23). The number of carbonyl (C=O) groups excluding carboxylic acids is 1. The Balaban J connectivity index is 1.56. The molecular formula is C17H15N5O3. The lowest BCUT2D eigenvalue weighted by Gasteiger charge is -2.05. The van der Waals surface area contributed by atoms with E-state index in [1.807, 2.05) is 30.5 Å². The zero-order valence-corrected chi connectivity index (χ0v) is 13.2. The molecule has 8 heteroatoms. The van der Waals surface area contributed by atoms with Crippen LogP contribution in [0, 0.1) is 10.1 Å². The Hall–Kier alpha value is -3.55. The Labute approximate surface area is 143 Å². The quantitative estimate of drug-likeness (QED) is 0.549. The minimum absolute atomic E-state index is 0.111. The van der Waals surface area contributed by atoms with Crippen LogP contribution in [0.4, 0.5) is 5.69 Å². The summed E-state index contributed by atoms with van der Waals surface area (Å²) in [5, 5.41) is 17.9. The Morgan fingerprint density at radius 3 is 2.80 bits per heavy atom. The first-order valence-electron chi connectivity index (χ1n) is 7.61. The molecule has 25 heavy (non-hydrogen) atoms. The molecule has 0 aliphatic carbocycles. The van der Waals surface area contributed by atoms with Gasteiger partial charge in [-0.3, -0.25) is 24.6 Å². The minimum atomic E-state index is -0.528. The maximum Gasteiger partial charge on any atom is 0.270 e. The molecule has 0 saturated heterocycles. The van der Waals surface area contributed by atoms with Crippen molar-refractivity contribution in [1.82, 2.24) is 20.1 Å². The van der Waals surface area contributed by atoms with Crippen molar-refractivity contribution in [2.24, 2.45) is 0 Å². The van der Waals surface area contributed by atoms with Gasteiger partial charge in [-0.15, -0.1) is 0 Å². The molecule has 2 heterocycles. The Morgan fingerprint density at radius 1 is 1.16 bits per heavy atom. The van der Waals surface area contributed by atoms with Gasteiger partial charge in [-0.05, 0) is 24.3 Å². The van der Waals surface area contributed by atoms with E-state index in [0.717, 1.165) is 11.4 Å². The summed E-state index contributed by atoms with van der Waals surface area (Å²) in [6.45, 7) is 0.832. The number of nitro benzene ring substituents is 1. The number of nitrogens with one attached hydrogen (secondary N) is 1. The van der Waals surface area contributed by atoms with Crippen molar-refractivity contribution in [2.75, 3.05) is 6.54 Å². The molecule has 1 aromatic carbocycles. The maximum absolute atomic E-state index is 12.1. The summed E-state index contributed by atoms with van der Waals surface area (Å²) in [5.41, 5.74) is 1.68. The summed E-state index contributed by atoms with van der Waals surface area (Å²) in [6, 6.07) is 13.1. The number of hydrogen-bond donors (Lipinski definition) is 1. The van der Waals surface area contributed by atoms with Crippen molar-refractivity contribution in [1.29, 1.82) is 0 Å². The number of hydrogen-bond acceptors (Lipinski definition) is 5. The van der Waals surface area contributed by atoms with E-state index in [9.17, 15) is 14.9 Å². The third-order valence-electron chi connectivity index (χ3n) is 3.51. The largest absolute Gasteiger partial charge is 0.350 e. The highest BCUT2D eigenvalue weighted by Gasteiger charge is 2.11. The summed E-state index contributed by atoms with van der Waals surface area (Å²) < 4.78 is 1.71. The van der Waals surface area contributed by atoms with Crippen molar-refractivity contribution >= 4 is 11.6 Å². The van der Waals surface area contributed by atoms with Crippen LogP contribution in [0.3, 0.4) is 0 Å². The van der Waals surface area contributed by atoms with E-state index in [1.54, 1.807) is 10.9 Å². The number of nitrogens with zero attached hydrogens (tertiary/aromatic N) is 4.